The average molecular weight is 224 g/mol. The van der Waals surface area contributed by atoms with Crippen LogP contribution in [0, 0.1) is 11.3 Å². The Morgan fingerprint density at radius 1 is 1.67 bits per heavy atom. The molecule has 3 N–H and O–H groups in total. The lowest BCUT2D eigenvalue weighted by Crippen LogP contribution is -2.38. The van der Waals surface area contributed by atoms with Crippen molar-refractivity contribution in [2.24, 2.45) is 0 Å². The van der Waals surface area contributed by atoms with Crippen molar-refractivity contribution in [1.82, 2.24) is 4.37 Å². The molecule has 0 aliphatic carbocycles. The maximum Gasteiger partial charge on any atom is 0.157 e. The number of hydrogen-bond donors (Lipinski definition) is 2. The molecule has 80 valence electrons. The molecule has 0 amide bonds. The van der Waals surface area contributed by atoms with Crippen molar-refractivity contribution in [3.8, 4) is 6.07 Å². The molecule has 1 aliphatic rings. The summed E-state index contributed by atoms with van der Waals surface area (Å²) >= 11 is 1.23. The first-order chi connectivity index (χ1) is 7.22. The van der Waals surface area contributed by atoms with Gasteiger partial charge in [-0.3, -0.25) is 0 Å². The number of nitrogens with zero attached hydrogens (tertiary/aromatic N) is 3. The summed E-state index contributed by atoms with van der Waals surface area (Å²) in [6.45, 7) is 1.42. The lowest BCUT2D eigenvalue weighted by Gasteiger charge is -2.30. The molecule has 1 fully saturated rings. The van der Waals surface area contributed by atoms with Crippen LogP contribution in [0.15, 0.2) is 0 Å². The Labute approximate surface area is 91.9 Å². The van der Waals surface area contributed by atoms with Crippen molar-refractivity contribution in [2.45, 2.75) is 18.9 Å². The molecule has 0 radical (unpaired) electrons. The third-order valence-electron chi connectivity index (χ3n) is 2.50. The van der Waals surface area contributed by atoms with E-state index in [1.165, 1.54) is 11.5 Å². The van der Waals surface area contributed by atoms with Crippen molar-refractivity contribution in [3.05, 3.63) is 5.56 Å². The Bertz CT molecular complexity index is 397. The Kier molecular flexibility index (Phi) is 2.75. The summed E-state index contributed by atoms with van der Waals surface area (Å²) in [5.74, 6) is 0.289. The second-order valence-electron chi connectivity index (χ2n) is 3.60. The fourth-order valence-corrected chi connectivity index (χ4v) is 2.55. The van der Waals surface area contributed by atoms with Crippen LogP contribution in [0.3, 0.4) is 0 Å². The fraction of sp³-hybridized carbons (Fsp3) is 0.556. The zero-order valence-electron chi connectivity index (χ0n) is 8.18. The Morgan fingerprint density at radius 2 is 2.47 bits per heavy atom. The standard InChI is InChI=1S/C9H12N4OS/c10-4-7-8(11)12-15-9(7)13-3-1-2-6(14)5-13/h6,14H,1-3,5H2,(H2,11,12). The zero-order valence-corrected chi connectivity index (χ0v) is 9.00. The van der Waals surface area contributed by atoms with Gasteiger partial charge in [-0.2, -0.15) is 9.64 Å². The van der Waals surface area contributed by atoms with E-state index >= 15 is 0 Å². The van der Waals surface area contributed by atoms with Gasteiger partial charge in [0.1, 0.15) is 16.6 Å². The van der Waals surface area contributed by atoms with Crippen LogP contribution in [-0.4, -0.2) is 28.7 Å². The molecule has 0 saturated carbocycles. The molecule has 0 spiro atoms. The number of nitrogen functional groups attached to an aromatic ring is 1. The number of nitriles is 1. The highest BCUT2D eigenvalue weighted by Crippen LogP contribution is 2.31. The number of aromatic nitrogens is 1. The van der Waals surface area contributed by atoms with E-state index in [0.29, 0.717) is 12.1 Å². The highest BCUT2D eigenvalue weighted by atomic mass is 32.1. The van der Waals surface area contributed by atoms with Crippen LogP contribution in [0.2, 0.25) is 0 Å². The summed E-state index contributed by atoms with van der Waals surface area (Å²) < 4.78 is 3.96. The molecule has 1 aromatic heterocycles. The normalized spacial score (nSPS) is 21.3. The predicted octanol–water partition coefficient (Wildman–Crippen LogP) is 0.558. The largest absolute Gasteiger partial charge is 0.391 e. The molecule has 1 unspecified atom stereocenters. The summed E-state index contributed by atoms with van der Waals surface area (Å²) in [5.41, 5.74) is 6.02. The summed E-state index contributed by atoms with van der Waals surface area (Å²) in [7, 11) is 0. The SMILES string of the molecule is N#Cc1c(N)nsc1N1CCCC(O)C1. The van der Waals surface area contributed by atoms with Crippen LogP contribution in [0.1, 0.15) is 18.4 Å². The molecule has 1 saturated heterocycles. The Balaban J connectivity index is 2.25. The smallest absolute Gasteiger partial charge is 0.157 e. The number of anilines is 2. The van der Waals surface area contributed by atoms with Crippen molar-refractivity contribution in [3.63, 3.8) is 0 Å². The molecule has 0 bridgehead atoms. The first kappa shape index (κ1) is 10.2. The predicted molar refractivity (Wildman–Crippen MR) is 58.7 cm³/mol. The van der Waals surface area contributed by atoms with Gasteiger partial charge in [-0.1, -0.05) is 0 Å². The van der Waals surface area contributed by atoms with Gasteiger partial charge in [0, 0.05) is 13.1 Å². The van der Waals surface area contributed by atoms with Gasteiger partial charge < -0.3 is 15.7 Å². The van der Waals surface area contributed by atoms with Crippen LogP contribution in [0.5, 0.6) is 0 Å². The monoisotopic (exact) mass is 224 g/mol. The van der Waals surface area contributed by atoms with E-state index in [2.05, 4.69) is 10.4 Å². The summed E-state index contributed by atoms with van der Waals surface area (Å²) in [6, 6.07) is 2.06. The summed E-state index contributed by atoms with van der Waals surface area (Å²) in [5, 5.41) is 19.3. The second-order valence-corrected chi connectivity index (χ2v) is 4.35. The van der Waals surface area contributed by atoms with E-state index in [1.807, 2.05) is 4.90 Å². The number of hydrogen-bond acceptors (Lipinski definition) is 6. The van der Waals surface area contributed by atoms with E-state index in [9.17, 15) is 5.11 Å². The van der Waals surface area contributed by atoms with Crippen LogP contribution in [0.25, 0.3) is 0 Å². The van der Waals surface area contributed by atoms with Gasteiger partial charge in [-0.25, -0.2) is 0 Å². The van der Waals surface area contributed by atoms with Crippen molar-refractivity contribution in [2.75, 3.05) is 23.7 Å². The van der Waals surface area contributed by atoms with Gasteiger partial charge in [0.15, 0.2) is 5.82 Å². The summed E-state index contributed by atoms with van der Waals surface area (Å²) in [6.07, 6.45) is 1.45. The van der Waals surface area contributed by atoms with Crippen LogP contribution in [0.4, 0.5) is 10.8 Å². The number of aliphatic hydroxyl groups excluding tert-OH is 1. The van der Waals surface area contributed by atoms with Gasteiger partial charge in [0.25, 0.3) is 0 Å². The molecule has 15 heavy (non-hydrogen) atoms. The minimum atomic E-state index is -0.311. The van der Waals surface area contributed by atoms with Crippen molar-refractivity contribution < 1.29 is 5.11 Å². The Morgan fingerprint density at radius 3 is 3.13 bits per heavy atom. The maximum atomic E-state index is 9.54. The highest BCUT2D eigenvalue weighted by Gasteiger charge is 2.23. The van der Waals surface area contributed by atoms with E-state index in [-0.39, 0.29) is 11.9 Å². The molecule has 1 aliphatic heterocycles. The van der Waals surface area contributed by atoms with Gasteiger partial charge >= 0.3 is 0 Å². The topological polar surface area (TPSA) is 86.2 Å². The van der Waals surface area contributed by atoms with Gasteiger partial charge in [-0.15, -0.1) is 0 Å². The number of nitrogens with two attached hydrogens (primary N) is 1. The molecule has 6 heteroatoms. The van der Waals surface area contributed by atoms with Crippen LogP contribution >= 0.6 is 11.5 Å². The first-order valence-corrected chi connectivity index (χ1v) is 5.58. The third kappa shape index (κ3) is 1.89. The molecule has 0 aromatic carbocycles. The van der Waals surface area contributed by atoms with Gasteiger partial charge in [-0.05, 0) is 24.4 Å². The molecule has 1 aromatic rings. The van der Waals surface area contributed by atoms with E-state index < -0.39 is 0 Å². The number of rotatable bonds is 1. The van der Waals surface area contributed by atoms with E-state index in [1.54, 1.807) is 0 Å². The lowest BCUT2D eigenvalue weighted by molar-refractivity contribution is 0.154. The molecule has 1 atom stereocenters. The highest BCUT2D eigenvalue weighted by molar-refractivity contribution is 7.10. The van der Waals surface area contributed by atoms with Crippen LogP contribution in [-0.2, 0) is 0 Å². The van der Waals surface area contributed by atoms with Crippen molar-refractivity contribution in [1.29, 1.82) is 5.26 Å². The van der Waals surface area contributed by atoms with E-state index in [0.717, 1.165) is 24.4 Å². The maximum absolute atomic E-state index is 9.54. The molecular formula is C9H12N4OS. The average Bonchev–Trinajstić information content (AvgIpc) is 2.59. The second kappa shape index (κ2) is 4.04. The summed E-state index contributed by atoms with van der Waals surface area (Å²) in [4.78, 5) is 1.99. The van der Waals surface area contributed by atoms with Crippen molar-refractivity contribution >= 4 is 22.4 Å². The minimum Gasteiger partial charge on any atom is -0.391 e. The third-order valence-corrected chi connectivity index (χ3v) is 3.42. The van der Waals surface area contributed by atoms with Gasteiger partial charge in [0.05, 0.1) is 6.10 Å². The molecular weight excluding hydrogens is 212 g/mol. The van der Waals surface area contributed by atoms with E-state index in [4.69, 9.17) is 11.0 Å². The molecule has 2 heterocycles. The lowest BCUT2D eigenvalue weighted by atomic mass is 10.1. The number of piperidine rings is 1. The van der Waals surface area contributed by atoms with Gasteiger partial charge in [0.2, 0.25) is 0 Å². The molecule has 2 rings (SSSR count). The van der Waals surface area contributed by atoms with Crippen LogP contribution < -0.4 is 10.6 Å². The quantitative estimate of drug-likeness (QED) is 0.727. The Hall–Kier alpha value is -1.32. The zero-order chi connectivity index (χ0) is 10.8. The first-order valence-electron chi connectivity index (χ1n) is 4.80. The molecule has 5 nitrogen and oxygen atoms in total. The number of aliphatic hydroxyl groups is 1. The number of β-amino-alcohol motifs (C(OH)–C–C–N with tert-alkyl or cyclic N) is 1. The fourth-order valence-electron chi connectivity index (χ4n) is 1.75. The minimum absolute atomic E-state index is 0.289.